The Morgan fingerprint density at radius 2 is 2.00 bits per heavy atom. The van der Waals surface area contributed by atoms with Crippen molar-refractivity contribution in [3.8, 4) is 0 Å². The van der Waals surface area contributed by atoms with Crippen molar-refractivity contribution in [3.63, 3.8) is 0 Å². The van der Waals surface area contributed by atoms with E-state index < -0.39 is 0 Å². The minimum atomic E-state index is -0.368. The Morgan fingerprint density at radius 3 is 2.46 bits per heavy atom. The second kappa shape index (κ2) is 4.00. The number of rotatable bonds is 2. The van der Waals surface area contributed by atoms with Gasteiger partial charge in [-0.2, -0.15) is 0 Å². The van der Waals surface area contributed by atoms with Gasteiger partial charge in [-0.05, 0) is 43.4 Å². The molecule has 78 valence electrons. The van der Waals surface area contributed by atoms with Crippen LogP contribution in [0, 0.1) is 17.8 Å². The van der Waals surface area contributed by atoms with Crippen molar-refractivity contribution in [2.45, 2.75) is 59.0 Å². The maximum Gasteiger partial charge on any atom is 0.0673 e. The van der Waals surface area contributed by atoms with Crippen LogP contribution >= 0.6 is 0 Å². The minimum Gasteiger partial charge on any atom is -0.390 e. The second-order valence-corrected chi connectivity index (χ2v) is 5.14. The Kier molecular flexibility index (Phi) is 3.39. The van der Waals surface area contributed by atoms with Gasteiger partial charge in [0.15, 0.2) is 0 Å². The van der Waals surface area contributed by atoms with Crippen molar-refractivity contribution in [3.05, 3.63) is 0 Å². The predicted molar refractivity (Wildman–Crippen MR) is 56.6 cm³/mol. The molecule has 1 rings (SSSR count). The van der Waals surface area contributed by atoms with Gasteiger partial charge >= 0.3 is 0 Å². The summed E-state index contributed by atoms with van der Waals surface area (Å²) < 4.78 is 0. The van der Waals surface area contributed by atoms with E-state index in [1.807, 2.05) is 0 Å². The highest BCUT2D eigenvalue weighted by atomic mass is 16.3. The highest BCUT2D eigenvalue weighted by Gasteiger charge is 2.39. The summed E-state index contributed by atoms with van der Waals surface area (Å²) in [6, 6.07) is 0. The molecule has 3 atom stereocenters. The molecule has 1 aliphatic carbocycles. The summed E-state index contributed by atoms with van der Waals surface area (Å²) in [6.45, 7) is 8.85. The molecular formula is C12H24O. The molecule has 0 saturated heterocycles. The minimum absolute atomic E-state index is 0.368. The lowest BCUT2D eigenvalue weighted by Crippen LogP contribution is -2.42. The molecule has 0 aromatic heterocycles. The van der Waals surface area contributed by atoms with Gasteiger partial charge in [-0.1, -0.05) is 27.7 Å². The van der Waals surface area contributed by atoms with Crippen LogP contribution in [0.1, 0.15) is 53.4 Å². The molecule has 0 bridgehead atoms. The predicted octanol–water partition coefficient (Wildman–Crippen LogP) is 3.22. The second-order valence-electron chi connectivity index (χ2n) is 5.14. The van der Waals surface area contributed by atoms with E-state index in [9.17, 15) is 5.11 Å². The summed E-state index contributed by atoms with van der Waals surface area (Å²) in [7, 11) is 0. The first-order valence-electron chi connectivity index (χ1n) is 5.72. The smallest absolute Gasteiger partial charge is 0.0673 e. The van der Waals surface area contributed by atoms with Crippen LogP contribution in [-0.2, 0) is 0 Å². The van der Waals surface area contributed by atoms with Crippen LogP contribution in [0.4, 0.5) is 0 Å². The maximum absolute atomic E-state index is 10.4. The van der Waals surface area contributed by atoms with E-state index in [1.54, 1.807) is 0 Å². The SMILES string of the molecule is CCC1(O)CC(C(C)C)CCC1C. The highest BCUT2D eigenvalue weighted by molar-refractivity contribution is 4.90. The van der Waals surface area contributed by atoms with E-state index in [1.165, 1.54) is 12.8 Å². The fraction of sp³-hybridized carbons (Fsp3) is 1.00. The molecule has 1 N–H and O–H groups in total. The van der Waals surface area contributed by atoms with E-state index in [4.69, 9.17) is 0 Å². The molecule has 1 heteroatoms. The summed E-state index contributed by atoms with van der Waals surface area (Å²) in [4.78, 5) is 0. The quantitative estimate of drug-likeness (QED) is 0.698. The van der Waals surface area contributed by atoms with Gasteiger partial charge in [-0.15, -0.1) is 0 Å². The van der Waals surface area contributed by atoms with E-state index in [0.29, 0.717) is 5.92 Å². The van der Waals surface area contributed by atoms with E-state index in [-0.39, 0.29) is 5.60 Å². The highest BCUT2D eigenvalue weighted by Crippen LogP contribution is 2.41. The van der Waals surface area contributed by atoms with Gasteiger partial charge in [0.2, 0.25) is 0 Å². The Labute approximate surface area is 82.5 Å². The molecule has 1 aliphatic rings. The Bertz CT molecular complexity index is 165. The molecule has 3 unspecified atom stereocenters. The van der Waals surface area contributed by atoms with Gasteiger partial charge < -0.3 is 5.11 Å². The lowest BCUT2D eigenvalue weighted by Gasteiger charge is -2.42. The summed E-state index contributed by atoms with van der Waals surface area (Å²) >= 11 is 0. The lowest BCUT2D eigenvalue weighted by molar-refractivity contribution is -0.0688. The van der Waals surface area contributed by atoms with Crippen LogP contribution in [-0.4, -0.2) is 10.7 Å². The molecule has 0 heterocycles. The first-order valence-corrected chi connectivity index (χ1v) is 5.72. The fourth-order valence-corrected chi connectivity index (χ4v) is 2.55. The molecule has 1 fully saturated rings. The monoisotopic (exact) mass is 184 g/mol. The molecule has 0 spiro atoms. The first kappa shape index (κ1) is 11.0. The molecule has 13 heavy (non-hydrogen) atoms. The topological polar surface area (TPSA) is 20.2 Å². The van der Waals surface area contributed by atoms with Crippen molar-refractivity contribution >= 4 is 0 Å². The zero-order chi connectivity index (χ0) is 10.1. The van der Waals surface area contributed by atoms with E-state index in [2.05, 4.69) is 27.7 Å². The fourth-order valence-electron chi connectivity index (χ4n) is 2.55. The third kappa shape index (κ3) is 2.25. The normalized spacial score (nSPS) is 41.1. The van der Waals surface area contributed by atoms with Crippen LogP contribution < -0.4 is 0 Å². The first-order chi connectivity index (χ1) is 5.99. The van der Waals surface area contributed by atoms with Crippen molar-refractivity contribution in [1.82, 2.24) is 0 Å². The molecule has 0 aromatic carbocycles. The van der Waals surface area contributed by atoms with E-state index in [0.717, 1.165) is 24.7 Å². The van der Waals surface area contributed by atoms with Gasteiger partial charge in [0.1, 0.15) is 0 Å². The number of aliphatic hydroxyl groups is 1. The largest absolute Gasteiger partial charge is 0.390 e. The average molecular weight is 184 g/mol. The van der Waals surface area contributed by atoms with Gasteiger partial charge in [0, 0.05) is 0 Å². The zero-order valence-electron chi connectivity index (χ0n) is 9.51. The van der Waals surface area contributed by atoms with Gasteiger partial charge in [-0.3, -0.25) is 0 Å². The van der Waals surface area contributed by atoms with Gasteiger partial charge in [0.05, 0.1) is 5.60 Å². The van der Waals surface area contributed by atoms with Crippen LogP contribution in [0.2, 0.25) is 0 Å². The molecule has 0 aliphatic heterocycles. The van der Waals surface area contributed by atoms with Crippen molar-refractivity contribution < 1.29 is 5.11 Å². The van der Waals surface area contributed by atoms with Crippen LogP contribution in [0.25, 0.3) is 0 Å². The van der Waals surface area contributed by atoms with Gasteiger partial charge in [0.25, 0.3) is 0 Å². The van der Waals surface area contributed by atoms with Crippen molar-refractivity contribution in [2.75, 3.05) is 0 Å². The molecular weight excluding hydrogens is 160 g/mol. The number of hydrogen-bond acceptors (Lipinski definition) is 1. The molecule has 0 aromatic rings. The molecule has 1 saturated carbocycles. The third-order valence-corrected chi connectivity index (χ3v) is 4.06. The standard InChI is InChI=1S/C12H24O/c1-5-12(13)8-11(9(2)3)7-6-10(12)4/h9-11,13H,5-8H2,1-4H3. The summed E-state index contributed by atoms with van der Waals surface area (Å²) in [6.07, 6.45) is 4.44. The summed E-state index contributed by atoms with van der Waals surface area (Å²) in [5.41, 5.74) is -0.368. The average Bonchev–Trinajstić information content (AvgIpc) is 2.09. The van der Waals surface area contributed by atoms with Crippen molar-refractivity contribution in [2.24, 2.45) is 17.8 Å². The Hall–Kier alpha value is -0.0400. The Balaban J connectivity index is 2.63. The van der Waals surface area contributed by atoms with Crippen LogP contribution in [0.5, 0.6) is 0 Å². The van der Waals surface area contributed by atoms with Crippen LogP contribution in [0.3, 0.4) is 0 Å². The van der Waals surface area contributed by atoms with Crippen molar-refractivity contribution in [1.29, 1.82) is 0 Å². The summed E-state index contributed by atoms with van der Waals surface area (Å²) in [5, 5.41) is 10.4. The molecule has 0 radical (unpaired) electrons. The number of hydrogen-bond donors (Lipinski definition) is 1. The Morgan fingerprint density at radius 1 is 1.38 bits per heavy atom. The zero-order valence-corrected chi connectivity index (χ0v) is 9.51. The van der Waals surface area contributed by atoms with E-state index >= 15 is 0 Å². The summed E-state index contributed by atoms with van der Waals surface area (Å²) in [5.74, 6) is 1.96. The molecule has 1 nitrogen and oxygen atoms in total. The molecule has 0 amide bonds. The van der Waals surface area contributed by atoms with Crippen LogP contribution in [0.15, 0.2) is 0 Å². The maximum atomic E-state index is 10.4. The van der Waals surface area contributed by atoms with Gasteiger partial charge in [-0.25, -0.2) is 0 Å². The lowest BCUT2D eigenvalue weighted by atomic mass is 9.67. The third-order valence-electron chi connectivity index (χ3n) is 4.06.